The van der Waals surface area contributed by atoms with Crippen LogP contribution in [0.3, 0.4) is 0 Å². The number of carbonyl (C=O) groups excluding carboxylic acids is 2. The number of esters is 1. The van der Waals surface area contributed by atoms with Gasteiger partial charge in [-0.25, -0.2) is 0 Å². The fraction of sp³-hybridized carbons (Fsp3) is 0.667. The molecule has 2 N–H and O–H groups in total. The summed E-state index contributed by atoms with van der Waals surface area (Å²) >= 11 is 0. The summed E-state index contributed by atoms with van der Waals surface area (Å²) in [6.07, 6.45) is -0.498. The van der Waals surface area contributed by atoms with Crippen molar-refractivity contribution < 1.29 is 32.4 Å². The molecular weight excluding hydrogens is 216 g/mol. The number of aliphatic hydroxyl groups is 1. The fourth-order valence-electron chi connectivity index (χ4n) is 0.666. The van der Waals surface area contributed by atoms with E-state index in [2.05, 4.69) is 4.74 Å². The standard InChI is InChI=1S/C6H10O7S/c7-2-1-5(14(10,11)12)6(9)13-4-3-8/h2,5,8H,1,3-4H2,(H,10,11,12). The molecule has 82 valence electrons. The number of aliphatic hydroxyl groups excluding tert-OH is 1. The Morgan fingerprint density at radius 3 is 2.43 bits per heavy atom. The van der Waals surface area contributed by atoms with Gasteiger partial charge >= 0.3 is 5.97 Å². The minimum atomic E-state index is -4.64. The maximum atomic E-state index is 10.9. The van der Waals surface area contributed by atoms with E-state index in [0.717, 1.165) is 0 Å². The van der Waals surface area contributed by atoms with Crippen LogP contribution in [-0.4, -0.2) is 48.8 Å². The number of hydrogen-bond acceptors (Lipinski definition) is 6. The van der Waals surface area contributed by atoms with E-state index >= 15 is 0 Å². The molecule has 0 saturated heterocycles. The van der Waals surface area contributed by atoms with Gasteiger partial charge in [0.2, 0.25) is 0 Å². The molecule has 0 spiro atoms. The second kappa shape index (κ2) is 5.68. The van der Waals surface area contributed by atoms with E-state index in [9.17, 15) is 18.0 Å². The molecular formula is C6H10O7S. The quantitative estimate of drug-likeness (QED) is 0.317. The minimum absolute atomic E-state index is 0.179. The molecule has 0 saturated carbocycles. The lowest BCUT2D eigenvalue weighted by Gasteiger charge is -2.09. The van der Waals surface area contributed by atoms with Crippen molar-refractivity contribution in [2.45, 2.75) is 11.7 Å². The van der Waals surface area contributed by atoms with Crippen LogP contribution >= 0.6 is 0 Å². The number of rotatable bonds is 6. The van der Waals surface area contributed by atoms with Crippen molar-refractivity contribution in [3.63, 3.8) is 0 Å². The molecule has 0 aliphatic heterocycles. The zero-order valence-electron chi connectivity index (χ0n) is 7.12. The third-order valence-electron chi connectivity index (χ3n) is 1.27. The highest BCUT2D eigenvalue weighted by molar-refractivity contribution is 7.87. The molecule has 0 radical (unpaired) electrons. The SMILES string of the molecule is O=CCC(C(=O)OCCO)S(=O)(=O)O. The van der Waals surface area contributed by atoms with E-state index in [4.69, 9.17) is 9.66 Å². The summed E-state index contributed by atoms with van der Waals surface area (Å²) in [4.78, 5) is 20.9. The molecule has 0 amide bonds. The maximum Gasteiger partial charge on any atom is 0.327 e. The lowest BCUT2D eigenvalue weighted by atomic mass is 10.3. The van der Waals surface area contributed by atoms with Crippen LogP contribution in [0.25, 0.3) is 0 Å². The van der Waals surface area contributed by atoms with Crippen LogP contribution in [0.2, 0.25) is 0 Å². The second-order valence-corrected chi connectivity index (χ2v) is 3.90. The maximum absolute atomic E-state index is 10.9. The Kier molecular flexibility index (Phi) is 5.28. The monoisotopic (exact) mass is 226 g/mol. The van der Waals surface area contributed by atoms with Crippen LogP contribution in [0.15, 0.2) is 0 Å². The van der Waals surface area contributed by atoms with E-state index in [-0.39, 0.29) is 12.9 Å². The summed E-state index contributed by atoms with van der Waals surface area (Å²) in [6, 6.07) is 0. The summed E-state index contributed by atoms with van der Waals surface area (Å²) in [5.41, 5.74) is 0. The zero-order valence-corrected chi connectivity index (χ0v) is 7.94. The van der Waals surface area contributed by atoms with Crippen LogP contribution in [-0.2, 0) is 24.4 Å². The predicted octanol–water partition coefficient (Wildman–Crippen LogP) is -1.63. The molecule has 0 rings (SSSR count). The summed E-state index contributed by atoms with van der Waals surface area (Å²) in [6.45, 7) is -0.852. The highest BCUT2D eigenvalue weighted by Crippen LogP contribution is 2.05. The third-order valence-corrected chi connectivity index (χ3v) is 2.37. The van der Waals surface area contributed by atoms with Gasteiger partial charge in [-0.1, -0.05) is 0 Å². The molecule has 0 aromatic rings. The third kappa shape index (κ3) is 4.30. The van der Waals surface area contributed by atoms with E-state index in [1.165, 1.54) is 0 Å². The van der Waals surface area contributed by atoms with Gasteiger partial charge in [0.15, 0.2) is 5.25 Å². The Morgan fingerprint density at radius 2 is 2.07 bits per heavy atom. The van der Waals surface area contributed by atoms with Gasteiger partial charge in [0.05, 0.1) is 6.61 Å². The molecule has 0 fully saturated rings. The molecule has 1 atom stereocenters. The number of carbonyl (C=O) groups is 2. The molecule has 0 aliphatic rings. The van der Waals surface area contributed by atoms with Crippen LogP contribution in [0.1, 0.15) is 6.42 Å². The van der Waals surface area contributed by atoms with Crippen molar-refractivity contribution in [2.24, 2.45) is 0 Å². The highest BCUT2D eigenvalue weighted by atomic mass is 32.2. The van der Waals surface area contributed by atoms with E-state index in [1.54, 1.807) is 0 Å². The van der Waals surface area contributed by atoms with Gasteiger partial charge in [-0.05, 0) is 0 Å². The number of ether oxygens (including phenoxy) is 1. The smallest absolute Gasteiger partial charge is 0.327 e. The van der Waals surface area contributed by atoms with Gasteiger partial charge < -0.3 is 14.6 Å². The molecule has 0 heterocycles. The average Bonchev–Trinajstić information content (AvgIpc) is 2.08. The number of aldehydes is 1. The lowest BCUT2D eigenvalue weighted by molar-refractivity contribution is -0.144. The van der Waals surface area contributed by atoms with Crippen molar-refractivity contribution in [1.29, 1.82) is 0 Å². The largest absolute Gasteiger partial charge is 0.462 e. The van der Waals surface area contributed by atoms with Gasteiger partial charge in [-0.3, -0.25) is 9.35 Å². The van der Waals surface area contributed by atoms with Gasteiger partial charge in [-0.15, -0.1) is 0 Å². The van der Waals surface area contributed by atoms with Crippen molar-refractivity contribution in [2.75, 3.05) is 13.2 Å². The Bertz CT molecular complexity index is 293. The first-order valence-electron chi connectivity index (χ1n) is 3.61. The molecule has 7 nitrogen and oxygen atoms in total. The zero-order chi connectivity index (χ0) is 11.2. The van der Waals surface area contributed by atoms with E-state index < -0.39 is 34.4 Å². The van der Waals surface area contributed by atoms with Gasteiger partial charge in [0.25, 0.3) is 10.1 Å². The summed E-state index contributed by atoms with van der Waals surface area (Å²) in [7, 11) is -4.64. The molecule has 0 aromatic heterocycles. The van der Waals surface area contributed by atoms with Crippen molar-refractivity contribution in [1.82, 2.24) is 0 Å². The molecule has 1 unspecified atom stereocenters. The van der Waals surface area contributed by atoms with Crippen LogP contribution in [0, 0.1) is 0 Å². The molecule has 0 bridgehead atoms. The first-order chi connectivity index (χ1) is 6.43. The Balaban J connectivity index is 4.50. The Hall–Kier alpha value is -0.990. The normalized spacial score (nSPS) is 13.3. The van der Waals surface area contributed by atoms with Crippen molar-refractivity contribution >= 4 is 22.4 Å². The van der Waals surface area contributed by atoms with Crippen molar-refractivity contribution in [3.8, 4) is 0 Å². The highest BCUT2D eigenvalue weighted by Gasteiger charge is 2.31. The molecule has 0 aromatic carbocycles. The molecule has 0 aliphatic carbocycles. The first kappa shape index (κ1) is 13.0. The van der Waals surface area contributed by atoms with Gasteiger partial charge in [0.1, 0.15) is 12.9 Å². The molecule has 14 heavy (non-hydrogen) atoms. The fourth-order valence-corrected chi connectivity index (χ4v) is 1.30. The van der Waals surface area contributed by atoms with Crippen LogP contribution in [0.5, 0.6) is 0 Å². The van der Waals surface area contributed by atoms with E-state index in [0.29, 0.717) is 0 Å². The lowest BCUT2D eigenvalue weighted by Crippen LogP contribution is -2.32. The van der Waals surface area contributed by atoms with Gasteiger partial charge in [0, 0.05) is 6.42 Å². The first-order valence-corrected chi connectivity index (χ1v) is 5.11. The van der Waals surface area contributed by atoms with Gasteiger partial charge in [-0.2, -0.15) is 8.42 Å². The van der Waals surface area contributed by atoms with Crippen LogP contribution < -0.4 is 0 Å². The summed E-state index contributed by atoms with van der Waals surface area (Å²) in [5, 5.41) is 6.36. The Morgan fingerprint density at radius 1 is 1.50 bits per heavy atom. The second-order valence-electron chi connectivity index (χ2n) is 2.30. The Labute approximate surface area is 80.4 Å². The summed E-state index contributed by atoms with van der Waals surface area (Å²) < 4.78 is 33.9. The summed E-state index contributed by atoms with van der Waals surface area (Å²) in [5.74, 6) is -1.26. The number of hydrogen-bond donors (Lipinski definition) is 2. The minimum Gasteiger partial charge on any atom is -0.462 e. The van der Waals surface area contributed by atoms with E-state index in [1.807, 2.05) is 0 Å². The predicted molar refractivity (Wildman–Crippen MR) is 44.1 cm³/mol. The average molecular weight is 226 g/mol. The van der Waals surface area contributed by atoms with Crippen LogP contribution in [0.4, 0.5) is 0 Å². The molecule has 8 heteroatoms. The van der Waals surface area contributed by atoms with Crippen molar-refractivity contribution in [3.05, 3.63) is 0 Å². The topological polar surface area (TPSA) is 118 Å².